The van der Waals surface area contributed by atoms with Crippen molar-refractivity contribution in [2.24, 2.45) is 4.99 Å². The van der Waals surface area contributed by atoms with Gasteiger partial charge in [-0.2, -0.15) is 0 Å². The van der Waals surface area contributed by atoms with E-state index in [1.54, 1.807) is 30.7 Å². The van der Waals surface area contributed by atoms with Gasteiger partial charge in [0.1, 0.15) is 24.7 Å². The SMILES string of the molecule is C=CCOC(=O)C1=C(C)N=c2s/c(=C\c3ccc(OCc4ccccc4)cc3)c(=O)n2C1c1ccc(OC)cc1. The molecule has 5 rings (SSSR count). The summed E-state index contributed by atoms with van der Waals surface area (Å²) in [7, 11) is 1.59. The largest absolute Gasteiger partial charge is 0.497 e. The van der Waals surface area contributed by atoms with Crippen LogP contribution in [0.25, 0.3) is 6.08 Å². The zero-order chi connectivity index (χ0) is 28.1. The Balaban J connectivity index is 1.50. The lowest BCUT2D eigenvalue weighted by atomic mass is 9.96. The second-order valence-electron chi connectivity index (χ2n) is 9.09. The number of hydrogen-bond acceptors (Lipinski definition) is 7. The molecule has 7 nitrogen and oxygen atoms in total. The lowest BCUT2D eigenvalue weighted by Gasteiger charge is -2.24. The van der Waals surface area contributed by atoms with E-state index in [4.69, 9.17) is 14.2 Å². The smallest absolute Gasteiger partial charge is 0.338 e. The van der Waals surface area contributed by atoms with Gasteiger partial charge in [-0.1, -0.05) is 78.6 Å². The fourth-order valence-corrected chi connectivity index (χ4v) is 5.50. The van der Waals surface area contributed by atoms with E-state index in [1.165, 1.54) is 17.4 Å². The number of methoxy groups -OCH3 is 1. The molecule has 0 fully saturated rings. The average Bonchev–Trinajstić information content (AvgIpc) is 3.29. The van der Waals surface area contributed by atoms with E-state index in [-0.39, 0.29) is 12.2 Å². The summed E-state index contributed by atoms with van der Waals surface area (Å²) in [5.41, 5.74) is 3.25. The van der Waals surface area contributed by atoms with Crippen molar-refractivity contribution >= 4 is 23.4 Å². The summed E-state index contributed by atoms with van der Waals surface area (Å²) >= 11 is 1.28. The van der Waals surface area contributed by atoms with Crippen molar-refractivity contribution in [1.82, 2.24) is 4.57 Å². The number of esters is 1. The van der Waals surface area contributed by atoms with Crippen molar-refractivity contribution in [3.63, 3.8) is 0 Å². The number of aromatic nitrogens is 1. The minimum absolute atomic E-state index is 0.0560. The molecule has 0 spiro atoms. The summed E-state index contributed by atoms with van der Waals surface area (Å²) in [5, 5.41) is 0. The van der Waals surface area contributed by atoms with E-state index < -0.39 is 12.0 Å². The predicted octanol–water partition coefficient (Wildman–Crippen LogP) is 4.55. The van der Waals surface area contributed by atoms with Gasteiger partial charge in [-0.15, -0.1) is 0 Å². The van der Waals surface area contributed by atoms with E-state index in [9.17, 15) is 9.59 Å². The summed E-state index contributed by atoms with van der Waals surface area (Å²) < 4.78 is 18.6. The van der Waals surface area contributed by atoms with Crippen LogP contribution in [-0.4, -0.2) is 24.3 Å². The molecule has 3 aromatic carbocycles. The molecule has 1 aliphatic rings. The topological polar surface area (TPSA) is 79.1 Å². The molecule has 0 bridgehead atoms. The van der Waals surface area contributed by atoms with Crippen molar-refractivity contribution in [3.8, 4) is 11.5 Å². The van der Waals surface area contributed by atoms with Gasteiger partial charge >= 0.3 is 5.97 Å². The number of allylic oxidation sites excluding steroid dienone is 1. The summed E-state index contributed by atoms with van der Waals surface area (Å²) in [6.45, 7) is 5.91. The van der Waals surface area contributed by atoms with Crippen LogP contribution in [0.15, 0.2) is 113 Å². The lowest BCUT2D eigenvalue weighted by Crippen LogP contribution is -2.39. The molecule has 0 aliphatic carbocycles. The second kappa shape index (κ2) is 12.0. The fourth-order valence-electron chi connectivity index (χ4n) is 4.45. The predicted molar refractivity (Wildman–Crippen MR) is 155 cm³/mol. The van der Waals surface area contributed by atoms with E-state index in [0.717, 1.165) is 22.4 Å². The Bertz CT molecular complexity index is 1730. The van der Waals surface area contributed by atoms with Crippen molar-refractivity contribution in [1.29, 1.82) is 0 Å². The highest BCUT2D eigenvalue weighted by atomic mass is 32.1. The Morgan fingerprint density at radius 1 is 1.02 bits per heavy atom. The van der Waals surface area contributed by atoms with Crippen LogP contribution in [0.4, 0.5) is 0 Å². The van der Waals surface area contributed by atoms with Crippen LogP contribution in [0, 0.1) is 0 Å². The minimum atomic E-state index is -0.699. The van der Waals surface area contributed by atoms with Crippen LogP contribution >= 0.6 is 11.3 Å². The third kappa shape index (κ3) is 5.67. The molecule has 8 heteroatoms. The van der Waals surface area contributed by atoms with E-state index in [2.05, 4.69) is 11.6 Å². The Kier molecular flexibility index (Phi) is 8.07. The van der Waals surface area contributed by atoms with Crippen LogP contribution in [0.1, 0.15) is 29.7 Å². The zero-order valence-corrected chi connectivity index (χ0v) is 23.0. The molecular weight excluding hydrogens is 524 g/mol. The molecule has 4 aromatic rings. The maximum atomic E-state index is 13.8. The number of thiazole rings is 1. The van der Waals surface area contributed by atoms with Crippen LogP contribution < -0.4 is 24.4 Å². The highest BCUT2D eigenvalue weighted by Gasteiger charge is 2.33. The maximum Gasteiger partial charge on any atom is 0.338 e. The number of fused-ring (bicyclic) bond motifs is 1. The quantitative estimate of drug-likeness (QED) is 0.225. The molecule has 0 saturated carbocycles. The zero-order valence-electron chi connectivity index (χ0n) is 22.2. The van der Waals surface area contributed by atoms with Crippen molar-refractivity contribution in [2.45, 2.75) is 19.6 Å². The Morgan fingerprint density at radius 2 is 1.73 bits per heavy atom. The standard InChI is InChI=1S/C32H28N2O5S/c1-4-18-38-31(36)28-21(2)33-32-34(29(28)24-12-16-25(37-3)17-13-24)30(35)27(40-32)19-22-10-14-26(15-11-22)39-20-23-8-6-5-7-9-23/h4-17,19,29H,1,18,20H2,2-3H3/b27-19-. The van der Waals surface area contributed by atoms with Crippen LogP contribution in [0.5, 0.6) is 11.5 Å². The van der Waals surface area contributed by atoms with E-state index in [0.29, 0.717) is 33.0 Å². The third-order valence-corrected chi connectivity index (χ3v) is 7.41. The highest BCUT2D eigenvalue weighted by molar-refractivity contribution is 7.07. The van der Waals surface area contributed by atoms with Crippen molar-refractivity contribution < 1.29 is 19.0 Å². The average molecular weight is 553 g/mol. The Labute approximate surface area is 235 Å². The van der Waals surface area contributed by atoms with Gasteiger partial charge in [-0.25, -0.2) is 9.79 Å². The first-order valence-electron chi connectivity index (χ1n) is 12.7. The third-order valence-electron chi connectivity index (χ3n) is 6.43. The molecule has 0 N–H and O–H groups in total. The number of hydrogen-bond donors (Lipinski definition) is 0. The number of rotatable bonds is 9. The first-order chi connectivity index (χ1) is 19.5. The van der Waals surface area contributed by atoms with Gasteiger partial charge in [0.05, 0.1) is 29.0 Å². The normalized spacial score (nSPS) is 14.8. The second-order valence-corrected chi connectivity index (χ2v) is 10.1. The van der Waals surface area contributed by atoms with Gasteiger partial charge in [-0.3, -0.25) is 9.36 Å². The number of nitrogens with zero attached hydrogens (tertiary/aromatic N) is 2. The molecule has 202 valence electrons. The number of carbonyl (C=O) groups is 1. The van der Waals surface area contributed by atoms with Crippen molar-refractivity contribution in [2.75, 3.05) is 13.7 Å². The van der Waals surface area contributed by atoms with Crippen LogP contribution in [0.2, 0.25) is 0 Å². The molecule has 0 saturated heterocycles. The molecule has 2 heterocycles. The van der Waals surface area contributed by atoms with Crippen molar-refractivity contribution in [3.05, 3.63) is 139 Å². The molecular formula is C32H28N2O5S. The minimum Gasteiger partial charge on any atom is -0.497 e. The molecule has 0 radical (unpaired) electrons. The lowest BCUT2D eigenvalue weighted by molar-refractivity contribution is -0.138. The van der Waals surface area contributed by atoms with Gasteiger partial charge in [0.2, 0.25) is 0 Å². The van der Waals surface area contributed by atoms with Gasteiger partial charge in [0, 0.05) is 0 Å². The Morgan fingerprint density at radius 3 is 2.40 bits per heavy atom. The number of carbonyl (C=O) groups excluding carboxylic acids is 1. The van der Waals surface area contributed by atoms with Gasteiger partial charge in [-0.05, 0) is 54.0 Å². The van der Waals surface area contributed by atoms with E-state index >= 15 is 0 Å². The molecule has 1 aliphatic heterocycles. The first-order valence-corrected chi connectivity index (χ1v) is 13.5. The monoisotopic (exact) mass is 552 g/mol. The van der Waals surface area contributed by atoms with Crippen LogP contribution in [0.3, 0.4) is 0 Å². The summed E-state index contributed by atoms with van der Waals surface area (Å²) in [6.07, 6.45) is 3.33. The highest BCUT2D eigenvalue weighted by Crippen LogP contribution is 2.31. The van der Waals surface area contributed by atoms with Gasteiger partial charge in [0.15, 0.2) is 4.80 Å². The molecule has 40 heavy (non-hydrogen) atoms. The fraction of sp³-hybridized carbons (Fsp3) is 0.156. The van der Waals surface area contributed by atoms with E-state index in [1.807, 2.05) is 72.8 Å². The molecule has 1 atom stereocenters. The molecule has 1 aromatic heterocycles. The molecule has 1 unspecified atom stereocenters. The van der Waals surface area contributed by atoms with Gasteiger partial charge < -0.3 is 14.2 Å². The van der Waals surface area contributed by atoms with Gasteiger partial charge in [0.25, 0.3) is 5.56 Å². The number of benzene rings is 3. The Hall–Kier alpha value is -4.69. The number of ether oxygens (including phenoxy) is 3. The maximum absolute atomic E-state index is 13.8. The summed E-state index contributed by atoms with van der Waals surface area (Å²) in [6, 6.07) is 24.1. The first kappa shape index (κ1) is 26.9. The summed E-state index contributed by atoms with van der Waals surface area (Å²) in [4.78, 5) is 32.0. The molecule has 0 amide bonds. The van der Waals surface area contributed by atoms with Crippen LogP contribution in [-0.2, 0) is 16.1 Å². The summed E-state index contributed by atoms with van der Waals surface area (Å²) in [5.74, 6) is 0.867.